The average Bonchev–Trinajstić information content (AvgIpc) is 2.78. The van der Waals surface area contributed by atoms with E-state index in [0.717, 1.165) is 19.4 Å². The summed E-state index contributed by atoms with van der Waals surface area (Å²) in [6.45, 7) is 2.39. The highest BCUT2D eigenvalue weighted by Crippen LogP contribution is 2.35. The molecular formula is C21H30N2O5S. The zero-order valence-electron chi connectivity index (χ0n) is 16.8. The molecule has 1 aromatic rings. The summed E-state index contributed by atoms with van der Waals surface area (Å²) in [4.78, 5) is 15.0. The SMILES string of the molecule is O=C(COc1ccc(S(=O)(=O)N2CCOCC2)cc1)N1CCC[C@@H]2CCCC[C@@H]21. The normalized spacial score (nSPS) is 26.0. The van der Waals surface area contributed by atoms with Gasteiger partial charge in [-0.2, -0.15) is 4.31 Å². The molecule has 1 aliphatic carbocycles. The van der Waals surface area contributed by atoms with Crippen LogP contribution in [-0.4, -0.2) is 69.0 Å². The van der Waals surface area contributed by atoms with Crippen LogP contribution in [0.5, 0.6) is 5.75 Å². The Kier molecular flexibility index (Phi) is 6.41. The molecule has 0 unspecified atom stereocenters. The number of carbonyl (C=O) groups is 1. The molecular weight excluding hydrogens is 392 g/mol. The number of fused-ring (bicyclic) bond motifs is 1. The standard InChI is InChI=1S/C21H30N2O5S/c24-21(23-11-3-5-17-4-1-2-6-20(17)23)16-28-18-7-9-19(10-8-18)29(25,26)22-12-14-27-15-13-22/h7-10,17,20H,1-6,11-16H2/t17-,20-/m0/s1. The van der Waals surface area contributed by atoms with Gasteiger partial charge in [0.15, 0.2) is 6.61 Å². The van der Waals surface area contributed by atoms with E-state index in [2.05, 4.69) is 0 Å². The van der Waals surface area contributed by atoms with Crippen LogP contribution in [0.25, 0.3) is 0 Å². The zero-order valence-corrected chi connectivity index (χ0v) is 17.6. The number of piperidine rings is 1. The molecule has 2 atom stereocenters. The van der Waals surface area contributed by atoms with Crippen LogP contribution in [0.15, 0.2) is 29.2 Å². The van der Waals surface area contributed by atoms with Crippen LogP contribution >= 0.6 is 0 Å². The summed E-state index contributed by atoms with van der Waals surface area (Å²) in [7, 11) is -3.52. The zero-order chi connectivity index (χ0) is 20.3. The van der Waals surface area contributed by atoms with Gasteiger partial charge in [-0.25, -0.2) is 8.42 Å². The van der Waals surface area contributed by atoms with E-state index in [0.29, 0.717) is 44.0 Å². The largest absolute Gasteiger partial charge is 0.484 e. The Morgan fingerprint density at radius 3 is 2.45 bits per heavy atom. The van der Waals surface area contributed by atoms with Gasteiger partial charge in [0, 0.05) is 25.7 Å². The lowest BCUT2D eigenvalue weighted by Gasteiger charge is -2.44. The number of rotatable bonds is 5. The first kappa shape index (κ1) is 20.6. The molecule has 0 radical (unpaired) electrons. The fourth-order valence-corrected chi connectivity index (χ4v) is 6.21. The van der Waals surface area contributed by atoms with Crippen molar-refractivity contribution in [3.05, 3.63) is 24.3 Å². The van der Waals surface area contributed by atoms with Gasteiger partial charge in [-0.15, -0.1) is 0 Å². The molecule has 1 amide bonds. The maximum Gasteiger partial charge on any atom is 0.260 e. The van der Waals surface area contributed by atoms with Gasteiger partial charge in [0.1, 0.15) is 5.75 Å². The quantitative estimate of drug-likeness (QED) is 0.728. The lowest BCUT2D eigenvalue weighted by Crippen LogP contribution is -2.51. The molecule has 0 N–H and O–H groups in total. The minimum Gasteiger partial charge on any atom is -0.484 e. The topological polar surface area (TPSA) is 76.2 Å². The minimum atomic E-state index is -3.52. The highest BCUT2D eigenvalue weighted by Gasteiger charge is 2.35. The van der Waals surface area contributed by atoms with Crippen molar-refractivity contribution in [2.24, 2.45) is 5.92 Å². The van der Waals surface area contributed by atoms with Gasteiger partial charge in [0.2, 0.25) is 10.0 Å². The van der Waals surface area contributed by atoms with Crippen LogP contribution in [-0.2, 0) is 19.6 Å². The molecule has 8 heteroatoms. The van der Waals surface area contributed by atoms with Crippen LogP contribution in [0, 0.1) is 5.92 Å². The van der Waals surface area contributed by atoms with Crippen molar-refractivity contribution in [1.29, 1.82) is 0 Å². The van der Waals surface area contributed by atoms with Gasteiger partial charge in [-0.1, -0.05) is 12.8 Å². The van der Waals surface area contributed by atoms with Gasteiger partial charge >= 0.3 is 0 Å². The third-order valence-electron chi connectivity index (χ3n) is 6.36. The molecule has 3 aliphatic rings. The van der Waals surface area contributed by atoms with Gasteiger partial charge < -0.3 is 14.4 Å². The summed E-state index contributed by atoms with van der Waals surface area (Å²) in [6, 6.07) is 6.71. The molecule has 3 fully saturated rings. The average molecular weight is 423 g/mol. The number of nitrogens with zero attached hydrogens (tertiary/aromatic N) is 2. The number of morpholine rings is 1. The number of sulfonamides is 1. The number of likely N-dealkylation sites (tertiary alicyclic amines) is 1. The fraction of sp³-hybridized carbons (Fsp3) is 0.667. The Morgan fingerprint density at radius 1 is 1.00 bits per heavy atom. The summed E-state index contributed by atoms with van der Waals surface area (Å²) in [5, 5.41) is 0. The van der Waals surface area contributed by atoms with E-state index in [-0.39, 0.29) is 17.4 Å². The van der Waals surface area contributed by atoms with Crippen molar-refractivity contribution in [3.63, 3.8) is 0 Å². The molecule has 2 saturated heterocycles. The monoisotopic (exact) mass is 422 g/mol. The Hall–Kier alpha value is -1.64. The third kappa shape index (κ3) is 4.59. The highest BCUT2D eigenvalue weighted by atomic mass is 32.2. The van der Waals surface area contributed by atoms with Crippen LogP contribution in [0.1, 0.15) is 38.5 Å². The van der Waals surface area contributed by atoms with E-state index < -0.39 is 10.0 Å². The predicted molar refractivity (Wildman–Crippen MR) is 108 cm³/mol. The molecule has 1 saturated carbocycles. The molecule has 0 spiro atoms. The maximum atomic E-state index is 12.7. The van der Waals surface area contributed by atoms with E-state index in [1.807, 2.05) is 4.90 Å². The van der Waals surface area contributed by atoms with Gasteiger partial charge in [-0.05, 0) is 55.9 Å². The molecule has 4 rings (SSSR count). The second kappa shape index (κ2) is 9.02. The van der Waals surface area contributed by atoms with Gasteiger partial charge in [0.05, 0.1) is 18.1 Å². The van der Waals surface area contributed by atoms with Crippen molar-refractivity contribution >= 4 is 15.9 Å². The Bertz CT molecular complexity index is 803. The van der Waals surface area contributed by atoms with Crippen molar-refractivity contribution in [3.8, 4) is 5.75 Å². The maximum absolute atomic E-state index is 12.7. The van der Waals surface area contributed by atoms with Crippen LogP contribution in [0.4, 0.5) is 0 Å². The lowest BCUT2D eigenvalue weighted by molar-refractivity contribution is -0.139. The van der Waals surface area contributed by atoms with E-state index in [1.165, 1.54) is 30.0 Å². The number of hydrogen-bond acceptors (Lipinski definition) is 5. The molecule has 1 aromatic carbocycles. The highest BCUT2D eigenvalue weighted by molar-refractivity contribution is 7.89. The molecule has 29 heavy (non-hydrogen) atoms. The minimum absolute atomic E-state index is 0.00121. The second-order valence-corrected chi connectivity index (χ2v) is 10.1. The predicted octanol–water partition coefficient (Wildman–Crippen LogP) is 2.27. The summed E-state index contributed by atoms with van der Waals surface area (Å²) >= 11 is 0. The summed E-state index contributed by atoms with van der Waals surface area (Å²) < 4.78 is 37.7. The van der Waals surface area contributed by atoms with Crippen molar-refractivity contribution in [1.82, 2.24) is 9.21 Å². The number of benzene rings is 1. The van der Waals surface area contributed by atoms with E-state index >= 15 is 0 Å². The number of ether oxygens (including phenoxy) is 2. The van der Waals surface area contributed by atoms with Gasteiger partial charge in [0.25, 0.3) is 5.91 Å². The fourth-order valence-electron chi connectivity index (χ4n) is 4.81. The second-order valence-electron chi connectivity index (χ2n) is 8.12. The van der Waals surface area contributed by atoms with Gasteiger partial charge in [-0.3, -0.25) is 4.79 Å². The number of amides is 1. The first-order valence-corrected chi connectivity index (χ1v) is 12.1. The Morgan fingerprint density at radius 2 is 1.69 bits per heavy atom. The summed E-state index contributed by atoms with van der Waals surface area (Å²) in [5.74, 6) is 1.19. The Labute approximate surface area is 173 Å². The third-order valence-corrected chi connectivity index (χ3v) is 8.27. The van der Waals surface area contributed by atoms with Crippen LogP contribution in [0.3, 0.4) is 0 Å². The number of carbonyl (C=O) groups excluding carboxylic acids is 1. The first-order valence-electron chi connectivity index (χ1n) is 10.7. The van der Waals surface area contributed by atoms with Crippen molar-refractivity contribution in [2.45, 2.75) is 49.5 Å². The van der Waals surface area contributed by atoms with Crippen molar-refractivity contribution < 1.29 is 22.7 Å². The van der Waals surface area contributed by atoms with E-state index in [4.69, 9.17) is 9.47 Å². The summed E-state index contributed by atoms with van der Waals surface area (Å²) in [6.07, 6.45) is 7.11. The molecule has 0 aromatic heterocycles. The van der Waals surface area contributed by atoms with E-state index in [9.17, 15) is 13.2 Å². The molecule has 2 heterocycles. The molecule has 7 nitrogen and oxygen atoms in total. The molecule has 160 valence electrons. The number of hydrogen-bond donors (Lipinski definition) is 0. The van der Waals surface area contributed by atoms with E-state index in [1.54, 1.807) is 24.3 Å². The van der Waals surface area contributed by atoms with Crippen LogP contribution < -0.4 is 4.74 Å². The smallest absolute Gasteiger partial charge is 0.260 e. The summed E-state index contributed by atoms with van der Waals surface area (Å²) in [5.41, 5.74) is 0. The Balaban J connectivity index is 1.34. The van der Waals surface area contributed by atoms with Crippen LogP contribution in [0.2, 0.25) is 0 Å². The lowest BCUT2D eigenvalue weighted by atomic mass is 9.78. The van der Waals surface area contributed by atoms with Crippen molar-refractivity contribution in [2.75, 3.05) is 39.5 Å². The molecule has 2 aliphatic heterocycles. The first-order chi connectivity index (χ1) is 14.1. The molecule has 0 bridgehead atoms.